The van der Waals surface area contributed by atoms with Crippen molar-refractivity contribution in [2.45, 2.75) is 13.8 Å². The summed E-state index contributed by atoms with van der Waals surface area (Å²) in [7, 11) is -3.68. The van der Waals surface area contributed by atoms with Gasteiger partial charge in [-0.25, -0.2) is 17.2 Å². The van der Waals surface area contributed by atoms with Gasteiger partial charge in [0.2, 0.25) is 10.0 Å². The van der Waals surface area contributed by atoms with Crippen molar-refractivity contribution in [3.63, 3.8) is 0 Å². The molecule has 0 saturated heterocycles. The Morgan fingerprint density at radius 1 is 1.35 bits per heavy atom. The van der Waals surface area contributed by atoms with Crippen LogP contribution in [0.5, 0.6) is 0 Å². The number of benzene rings is 1. The smallest absolute Gasteiger partial charge is 0.233 e. The minimum Gasteiger partial charge on any atom is -0.397 e. The molecule has 0 spiro atoms. The number of hydrogen-bond donors (Lipinski definition) is 2. The van der Waals surface area contributed by atoms with Gasteiger partial charge in [0.05, 0.1) is 11.4 Å². The second-order valence-corrected chi connectivity index (χ2v) is 5.90. The Morgan fingerprint density at radius 2 is 1.94 bits per heavy atom. The monoisotopic (exact) mass is 264 g/mol. The zero-order valence-corrected chi connectivity index (χ0v) is 10.3. The van der Waals surface area contributed by atoms with Crippen LogP contribution in [0.4, 0.5) is 20.2 Å². The molecule has 0 bridgehead atoms. The van der Waals surface area contributed by atoms with E-state index in [1.807, 2.05) is 4.72 Å². The third kappa shape index (κ3) is 3.85. The lowest BCUT2D eigenvalue weighted by Crippen LogP contribution is -2.21. The first kappa shape index (κ1) is 13.7. The number of rotatable bonds is 4. The van der Waals surface area contributed by atoms with E-state index in [9.17, 15) is 17.2 Å². The van der Waals surface area contributed by atoms with E-state index in [-0.39, 0.29) is 17.4 Å². The highest BCUT2D eigenvalue weighted by molar-refractivity contribution is 7.92. The van der Waals surface area contributed by atoms with Gasteiger partial charge in [0, 0.05) is 6.07 Å². The molecule has 1 rings (SSSR count). The highest BCUT2D eigenvalue weighted by Gasteiger charge is 2.17. The van der Waals surface area contributed by atoms with E-state index >= 15 is 0 Å². The normalized spacial score (nSPS) is 11.8. The molecule has 0 aliphatic carbocycles. The first-order valence-corrected chi connectivity index (χ1v) is 6.61. The van der Waals surface area contributed by atoms with Gasteiger partial charge in [-0.05, 0) is 12.0 Å². The van der Waals surface area contributed by atoms with E-state index in [1.165, 1.54) is 0 Å². The lowest BCUT2D eigenvalue weighted by atomic mass is 10.2. The van der Waals surface area contributed by atoms with Crippen molar-refractivity contribution in [2.24, 2.45) is 5.92 Å². The van der Waals surface area contributed by atoms with Gasteiger partial charge in [0.15, 0.2) is 5.82 Å². The highest BCUT2D eigenvalue weighted by atomic mass is 32.2. The molecule has 1 aromatic carbocycles. The molecule has 0 saturated carbocycles. The number of nitrogens with two attached hydrogens (primary N) is 1. The van der Waals surface area contributed by atoms with Crippen molar-refractivity contribution < 1.29 is 17.2 Å². The summed E-state index contributed by atoms with van der Waals surface area (Å²) in [5.41, 5.74) is 4.66. The molecule has 0 aromatic heterocycles. The summed E-state index contributed by atoms with van der Waals surface area (Å²) in [6.45, 7) is 3.42. The molecule has 0 radical (unpaired) electrons. The van der Waals surface area contributed by atoms with Gasteiger partial charge in [0.1, 0.15) is 11.5 Å². The van der Waals surface area contributed by atoms with Gasteiger partial charge >= 0.3 is 0 Å². The summed E-state index contributed by atoms with van der Waals surface area (Å²) in [4.78, 5) is 0. The fraction of sp³-hybridized carbons (Fsp3) is 0.400. The van der Waals surface area contributed by atoms with Crippen molar-refractivity contribution in [3.8, 4) is 0 Å². The predicted octanol–water partition coefficient (Wildman–Crippen LogP) is 1.94. The van der Waals surface area contributed by atoms with Crippen LogP contribution >= 0.6 is 0 Å². The number of anilines is 2. The minimum absolute atomic E-state index is 0.114. The summed E-state index contributed by atoms with van der Waals surface area (Å²) < 4.78 is 51.3. The van der Waals surface area contributed by atoms with Crippen LogP contribution in [-0.2, 0) is 10.0 Å². The molecule has 0 aliphatic rings. The van der Waals surface area contributed by atoms with Crippen LogP contribution < -0.4 is 10.5 Å². The van der Waals surface area contributed by atoms with Crippen LogP contribution in [0.3, 0.4) is 0 Å². The number of halogens is 2. The molecular formula is C10H14F2N2O2S. The number of sulfonamides is 1. The summed E-state index contributed by atoms with van der Waals surface area (Å²) >= 11 is 0. The average molecular weight is 264 g/mol. The maximum Gasteiger partial charge on any atom is 0.233 e. The average Bonchev–Trinajstić information content (AvgIpc) is 2.09. The van der Waals surface area contributed by atoms with Gasteiger partial charge in [-0.15, -0.1) is 0 Å². The van der Waals surface area contributed by atoms with Crippen molar-refractivity contribution in [3.05, 3.63) is 23.8 Å². The van der Waals surface area contributed by atoms with Crippen LogP contribution in [0.15, 0.2) is 12.1 Å². The number of hydrogen-bond acceptors (Lipinski definition) is 3. The molecule has 0 aliphatic heterocycles. The molecule has 0 atom stereocenters. The molecule has 17 heavy (non-hydrogen) atoms. The van der Waals surface area contributed by atoms with E-state index in [4.69, 9.17) is 5.73 Å². The predicted molar refractivity (Wildman–Crippen MR) is 63.0 cm³/mol. The van der Waals surface area contributed by atoms with E-state index < -0.39 is 27.3 Å². The van der Waals surface area contributed by atoms with Crippen LogP contribution in [0.25, 0.3) is 0 Å². The van der Waals surface area contributed by atoms with Gasteiger partial charge < -0.3 is 5.73 Å². The van der Waals surface area contributed by atoms with Crippen molar-refractivity contribution in [2.75, 3.05) is 16.2 Å². The van der Waals surface area contributed by atoms with Crippen LogP contribution in [0.2, 0.25) is 0 Å². The largest absolute Gasteiger partial charge is 0.397 e. The Bertz CT molecular complexity index is 492. The standard InChI is InChI=1S/C10H14F2N2O2S/c1-6(2)5-17(15,16)14-10-8(12)3-7(11)4-9(10)13/h3-4,6,14H,5,13H2,1-2H3. The van der Waals surface area contributed by atoms with E-state index in [0.29, 0.717) is 6.07 Å². The van der Waals surface area contributed by atoms with Crippen LogP contribution in [0, 0.1) is 17.6 Å². The second-order valence-electron chi connectivity index (χ2n) is 4.13. The lowest BCUT2D eigenvalue weighted by Gasteiger charge is -2.12. The Hall–Kier alpha value is -1.37. The Kier molecular flexibility index (Phi) is 3.92. The number of nitrogens with one attached hydrogen (secondary N) is 1. The molecule has 0 amide bonds. The van der Waals surface area contributed by atoms with Crippen LogP contribution in [0.1, 0.15) is 13.8 Å². The van der Waals surface area contributed by atoms with Crippen molar-refractivity contribution in [1.82, 2.24) is 0 Å². The molecule has 3 N–H and O–H groups in total. The van der Waals surface area contributed by atoms with Gasteiger partial charge in [-0.2, -0.15) is 0 Å². The third-order valence-corrected chi connectivity index (χ3v) is 3.52. The molecule has 1 aromatic rings. The number of nitrogen functional groups attached to an aromatic ring is 1. The molecule has 96 valence electrons. The van der Waals surface area contributed by atoms with Crippen LogP contribution in [-0.4, -0.2) is 14.2 Å². The summed E-state index contributed by atoms with van der Waals surface area (Å²) in [6.07, 6.45) is 0. The molecular weight excluding hydrogens is 250 g/mol. The zero-order valence-electron chi connectivity index (χ0n) is 9.50. The third-order valence-electron chi connectivity index (χ3n) is 1.90. The molecule has 0 heterocycles. The van der Waals surface area contributed by atoms with Crippen molar-refractivity contribution in [1.29, 1.82) is 0 Å². The highest BCUT2D eigenvalue weighted by Crippen LogP contribution is 2.25. The SMILES string of the molecule is CC(C)CS(=O)(=O)Nc1c(N)cc(F)cc1F. The fourth-order valence-electron chi connectivity index (χ4n) is 1.34. The van der Waals surface area contributed by atoms with Gasteiger partial charge in [0.25, 0.3) is 0 Å². The fourth-order valence-corrected chi connectivity index (χ4v) is 2.82. The van der Waals surface area contributed by atoms with Gasteiger partial charge in [-0.1, -0.05) is 13.8 Å². The first-order valence-electron chi connectivity index (χ1n) is 4.96. The molecule has 7 heteroatoms. The Morgan fingerprint density at radius 3 is 2.41 bits per heavy atom. The molecule has 0 fully saturated rings. The maximum absolute atomic E-state index is 13.3. The van der Waals surface area contributed by atoms with E-state index in [2.05, 4.69) is 0 Å². The first-order chi connectivity index (χ1) is 7.71. The second kappa shape index (κ2) is 4.87. The Labute approximate surface area is 98.9 Å². The van der Waals surface area contributed by atoms with E-state index in [1.54, 1.807) is 13.8 Å². The summed E-state index contributed by atoms with van der Waals surface area (Å²) in [5.74, 6) is -2.16. The van der Waals surface area contributed by atoms with E-state index in [0.717, 1.165) is 6.07 Å². The zero-order chi connectivity index (χ0) is 13.2. The quantitative estimate of drug-likeness (QED) is 0.816. The topological polar surface area (TPSA) is 72.2 Å². The Balaban J connectivity index is 3.04. The van der Waals surface area contributed by atoms with Gasteiger partial charge in [-0.3, -0.25) is 4.72 Å². The molecule has 0 unspecified atom stereocenters. The van der Waals surface area contributed by atoms with Crippen molar-refractivity contribution >= 4 is 21.4 Å². The molecule has 4 nitrogen and oxygen atoms in total. The summed E-state index contributed by atoms with van der Waals surface area (Å²) in [6, 6.07) is 1.43. The minimum atomic E-state index is -3.68. The maximum atomic E-state index is 13.3. The summed E-state index contributed by atoms with van der Waals surface area (Å²) in [5, 5.41) is 0. The lowest BCUT2D eigenvalue weighted by molar-refractivity contribution is 0.579.